The second kappa shape index (κ2) is 10.7. The van der Waals surface area contributed by atoms with Gasteiger partial charge in [-0.05, 0) is 57.0 Å². The van der Waals surface area contributed by atoms with Crippen LogP contribution in [0.2, 0.25) is 9.36 Å². The lowest BCUT2D eigenvalue weighted by molar-refractivity contribution is -0.187. The predicted octanol–water partition coefficient (Wildman–Crippen LogP) is 5.57. The second-order valence-electron chi connectivity index (χ2n) is 8.97. The molecule has 2 aromatic rings. The number of ether oxygens (including phenoxy) is 2. The number of benzene rings is 1. The molecule has 1 fully saturated rings. The van der Waals surface area contributed by atoms with Crippen LogP contribution in [0.15, 0.2) is 36.4 Å². The van der Waals surface area contributed by atoms with Crippen molar-refractivity contribution in [3.05, 3.63) is 56.2 Å². The van der Waals surface area contributed by atoms with Crippen LogP contribution in [0.25, 0.3) is 0 Å². The third-order valence-electron chi connectivity index (χ3n) is 5.34. The average molecular weight is 514 g/mol. The van der Waals surface area contributed by atoms with E-state index in [4.69, 9.17) is 32.7 Å². The van der Waals surface area contributed by atoms with Crippen LogP contribution in [-0.4, -0.2) is 46.2 Å². The first kappa shape index (κ1) is 26.0. The molecule has 1 aliphatic heterocycles. The first-order valence-corrected chi connectivity index (χ1v) is 12.4. The van der Waals surface area contributed by atoms with E-state index in [0.29, 0.717) is 15.8 Å². The molecule has 1 aromatic heterocycles. The summed E-state index contributed by atoms with van der Waals surface area (Å²) in [4.78, 5) is 28.7. The molecule has 0 radical (unpaired) electrons. The smallest absolute Gasteiger partial charge is 0.309 e. The van der Waals surface area contributed by atoms with Gasteiger partial charge in [-0.3, -0.25) is 9.59 Å². The molecule has 2 heterocycles. The SMILES string of the molecule is CC[C@@H](CO)N1C(=O)[C@@H](CC(=O)OC(C)(C)C)OC(c2cccc(Cl)c2)[C@H]1c1ccc(Cl)s1. The molecule has 3 rings (SSSR count). The van der Waals surface area contributed by atoms with Crippen molar-refractivity contribution >= 4 is 46.4 Å². The molecule has 0 spiro atoms. The number of hydrogen-bond donors (Lipinski definition) is 1. The topological polar surface area (TPSA) is 76.1 Å². The zero-order valence-corrected chi connectivity index (χ0v) is 21.4. The molecule has 0 bridgehead atoms. The van der Waals surface area contributed by atoms with Crippen LogP contribution in [0.1, 0.15) is 63.1 Å². The monoisotopic (exact) mass is 513 g/mol. The molecule has 1 aliphatic rings. The first-order chi connectivity index (χ1) is 15.5. The van der Waals surface area contributed by atoms with Gasteiger partial charge in [0.15, 0.2) is 0 Å². The zero-order valence-electron chi connectivity index (χ0n) is 19.1. The van der Waals surface area contributed by atoms with Gasteiger partial charge in [0.2, 0.25) is 0 Å². The van der Waals surface area contributed by atoms with Crippen molar-refractivity contribution in [2.75, 3.05) is 6.61 Å². The van der Waals surface area contributed by atoms with Crippen LogP contribution in [0, 0.1) is 0 Å². The fourth-order valence-corrected chi connectivity index (χ4v) is 5.35. The lowest BCUT2D eigenvalue weighted by Crippen LogP contribution is -2.56. The average Bonchev–Trinajstić information content (AvgIpc) is 3.15. The maximum absolute atomic E-state index is 13.6. The number of morpholine rings is 1. The van der Waals surface area contributed by atoms with Gasteiger partial charge in [-0.2, -0.15) is 0 Å². The van der Waals surface area contributed by atoms with Gasteiger partial charge < -0.3 is 19.5 Å². The Morgan fingerprint density at radius 1 is 1.27 bits per heavy atom. The highest BCUT2D eigenvalue weighted by atomic mass is 35.5. The number of esters is 1. The molecule has 0 saturated carbocycles. The van der Waals surface area contributed by atoms with Crippen LogP contribution < -0.4 is 0 Å². The number of carbonyl (C=O) groups is 2. The molecule has 1 N–H and O–H groups in total. The van der Waals surface area contributed by atoms with E-state index in [-0.39, 0.29) is 18.9 Å². The van der Waals surface area contributed by atoms with Crippen molar-refractivity contribution in [2.45, 2.75) is 70.4 Å². The van der Waals surface area contributed by atoms with Gasteiger partial charge in [0.25, 0.3) is 5.91 Å². The molecule has 6 nitrogen and oxygen atoms in total. The summed E-state index contributed by atoms with van der Waals surface area (Å²) in [5.74, 6) is -0.894. The Labute approximate surface area is 208 Å². The van der Waals surface area contributed by atoms with Crippen LogP contribution in [0.3, 0.4) is 0 Å². The molecule has 33 heavy (non-hydrogen) atoms. The Morgan fingerprint density at radius 3 is 2.55 bits per heavy atom. The summed E-state index contributed by atoms with van der Waals surface area (Å²) in [7, 11) is 0. The van der Waals surface area contributed by atoms with E-state index in [1.807, 2.05) is 25.1 Å². The molecule has 4 atom stereocenters. The van der Waals surface area contributed by atoms with E-state index < -0.39 is 35.9 Å². The number of carbonyl (C=O) groups excluding carboxylic acids is 2. The Hall–Kier alpha value is -1.64. The summed E-state index contributed by atoms with van der Waals surface area (Å²) in [6, 6.07) is 9.85. The van der Waals surface area contributed by atoms with Crippen molar-refractivity contribution in [2.24, 2.45) is 0 Å². The highest BCUT2D eigenvalue weighted by molar-refractivity contribution is 7.16. The summed E-state index contributed by atoms with van der Waals surface area (Å²) in [6.07, 6.45) is -1.39. The van der Waals surface area contributed by atoms with E-state index in [9.17, 15) is 14.7 Å². The number of thiophene rings is 1. The number of nitrogens with zero attached hydrogens (tertiary/aromatic N) is 1. The molecular formula is C24H29Cl2NO5S. The number of aliphatic hydroxyl groups excluding tert-OH is 1. The predicted molar refractivity (Wildman–Crippen MR) is 130 cm³/mol. The van der Waals surface area contributed by atoms with Gasteiger partial charge in [-0.25, -0.2) is 0 Å². The number of rotatable bonds is 7. The lowest BCUT2D eigenvalue weighted by Gasteiger charge is -2.47. The summed E-state index contributed by atoms with van der Waals surface area (Å²) in [5.41, 5.74) is 0.0743. The number of aliphatic hydroxyl groups is 1. The highest BCUT2D eigenvalue weighted by Crippen LogP contribution is 2.46. The van der Waals surface area contributed by atoms with Gasteiger partial charge in [-0.15, -0.1) is 11.3 Å². The van der Waals surface area contributed by atoms with Crippen LogP contribution in [-0.2, 0) is 19.1 Å². The molecule has 1 unspecified atom stereocenters. The molecule has 1 saturated heterocycles. The van der Waals surface area contributed by atoms with Crippen molar-refractivity contribution in [3.8, 4) is 0 Å². The summed E-state index contributed by atoms with van der Waals surface area (Å²) >= 11 is 13.8. The minimum atomic E-state index is -1.06. The normalized spacial score (nSPS) is 22.3. The summed E-state index contributed by atoms with van der Waals surface area (Å²) < 4.78 is 12.3. The molecular weight excluding hydrogens is 485 g/mol. The van der Waals surface area contributed by atoms with Crippen molar-refractivity contribution in [1.82, 2.24) is 4.90 Å². The third kappa shape index (κ3) is 6.28. The maximum atomic E-state index is 13.6. The molecule has 1 amide bonds. The number of hydrogen-bond acceptors (Lipinski definition) is 6. The van der Waals surface area contributed by atoms with E-state index >= 15 is 0 Å². The van der Waals surface area contributed by atoms with Gasteiger partial charge in [0, 0.05) is 9.90 Å². The van der Waals surface area contributed by atoms with E-state index in [1.165, 1.54) is 11.3 Å². The second-order valence-corrected chi connectivity index (χ2v) is 11.2. The Bertz CT molecular complexity index is 985. The fourth-order valence-electron chi connectivity index (χ4n) is 3.97. The molecule has 1 aromatic carbocycles. The largest absolute Gasteiger partial charge is 0.460 e. The molecule has 9 heteroatoms. The standard InChI is InChI=1S/C24H29Cl2NO5S/c1-5-16(13-28)27-21(18-9-10-19(26)33-18)22(14-7-6-8-15(25)11-14)31-17(23(27)30)12-20(29)32-24(2,3)4/h6-11,16-17,21-22,28H,5,12-13H2,1-4H3/t16-,17+,21+,22?/m0/s1. The summed E-state index contributed by atoms with van der Waals surface area (Å²) in [5, 5.41) is 10.6. The van der Waals surface area contributed by atoms with Crippen LogP contribution in [0.5, 0.6) is 0 Å². The third-order valence-corrected chi connectivity index (χ3v) is 6.87. The lowest BCUT2D eigenvalue weighted by atomic mass is 9.93. The number of halogens is 2. The van der Waals surface area contributed by atoms with Gasteiger partial charge >= 0.3 is 5.97 Å². The first-order valence-electron chi connectivity index (χ1n) is 10.8. The van der Waals surface area contributed by atoms with E-state index in [2.05, 4.69) is 0 Å². The Kier molecular flexibility index (Phi) is 8.45. The minimum absolute atomic E-state index is 0.223. The molecule has 0 aliphatic carbocycles. The maximum Gasteiger partial charge on any atom is 0.309 e. The quantitative estimate of drug-likeness (QED) is 0.489. The van der Waals surface area contributed by atoms with Crippen molar-refractivity contribution in [1.29, 1.82) is 0 Å². The Balaban J connectivity index is 2.07. The highest BCUT2D eigenvalue weighted by Gasteiger charge is 2.47. The van der Waals surface area contributed by atoms with Gasteiger partial charge in [-0.1, -0.05) is 42.3 Å². The van der Waals surface area contributed by atoms with Gasteiger partial charge in [0.1, 0.15) is 17.8 Å². The fraction of sp³-hybridized carbons (Fsp3) is 0.500. The Morgan fingerprint density at radius 2 is 2.00 bits per heavy atom. The van der Waals surface area contributed by atoms with Crippen molar-refractivity contribution < 1.29 is 24.2 Å². The summed E-state index contributed by atoms with van der Waals surface area (Å²) in [6.45, 7) is 6.99. The zero-order chi connectivity index (χ0) is 24.3. The van der Waals surface area contributed by atoms with Crippen LogP contribution >= 0.6 is 34.5 Å². The van der Waals surface area contributed by atoms with E-state index in [0.717, 1.165) is 10.4 Å². The number of amides is 1. The van der Waals surface area contributed by atoms with Crippen molar-refractivity contribution in [3.63, 3.8) is 0 Å². The van der Waals surface area contributed by atoms with Crippen LogP contribution in [0.4, 0.5) is 0 Å². The minimum Gasteiger partial charge on any atom is -0.460 e. The van der Waals surface area contributed by atoms with Gasteiger partial charge in [0.05, 0.1) is 29.4 Å². The van der Waals surface area contributed by atoms with E-state index in [1.54, 1.807) is 43.9 Å². The molecule has 180 valence electrons.